The number of nitrogens with zero attached hydrogens (tertiary/aromatic N) is 2. The number of piperazine rings is 1. The van der Waals surface area contributed by atoms with Crippen molar-refractivity contribution in [2.45, 2.75) is 18.5 Å². The normalized spacial score (nSPS) is 26.4. The van der Waals surface area contributed by atoms with E-state index in [1.807, 2.05) is 17.0 Å². The highest BCUT2D eigenvalue weighted by atomic mass is 16.5. The predicted octanol–water partition coefficient (Wildman–Crippen LogP) is 1.11. The third kappa shape index (κ3) is 1.64. The number of carbonyl (C=O) groups is 1. The Morgan fingerprint density at radius 2 is 2.00 bits per heavy atom. The fraction of sp³-hybridized carbons (Fsp3) is 0.462. The van der Waals surface area contributed by atoms with Crippen LogP contribution in [0.1, 0.15) is 6.42 Å². The van der Waals surface area contributed by atoms with Crippen LogP contribution in [-0.2, 0) is 4.79 Å². The number of ether oxygens (including phenoxy) is 1. The lowest BCUT2D eigenvalue weighted by Crippen LogP contribution is -2.45. The molecule has 0 N–H and O–H groups in total. The van der Waals surface area contributed by atoms with Crippen LogP contribution in [0.3, 0.4) is 0 Å². The van der Waals surface area contributed by atoms with Gasteiger partial charge >= 0.3 is 0 Å². The van der Waals surface area contributed by atoms with Crippen molar-refractivity contribution in [3.63, 3.8) is 0 Å². The Morgan fingerprint density at radius 1 is 1.24 bits per heavy atom. The molecule has 0 saturated carbocycles. The van der Waals surface area contributed by atoms with E-state index in [1.165, 1.54) is 5.69 Å². The van der Waals surface area contributed by atoms with Crippen molar-refractivity contribution >= 4 is 12.1 Å². The van der Waals surface area contributed by atoms with E-state index in [0.29, 0.717) is 12.1 Å². The summed E-state index contributed by atoms with van der Waals surface area (Å²) < 4.78 is 5.16. The molecule has 2 heterocycles. The molecule has 2 atom stereocenters. The number of methoxy groups -OCH3 is 1. The first kappa shape index (κ1) is 10.4. The Bertz CT molecular complexity index is 418. The van der Waals surface area contributed by atoms with Gasteiger partial charge in [-0.15, -0.1) is 0 Å². The number of hydrogen-bond acceptors (Lipinski definition) is 3. The Labute approximate surface area is 101 Å². The van der Waals surface area contributed by atoms with Gasteiger partial charge in [0.05, 0.1) is 13.2 Å². The molecule has 17 heavy (non-hydrogen) atoms. The molecule has 0 aliphatic carbocycles. The highest BCUT2D eigenvalue weighted by Gasteiger charge is 2.42. The second-order valence-corrected chi connectivity index (χ2v) is 4.70. The van der Waals surface area contributed by atoms with Crippen LogP contribution in [0, 0.1) is 0 Å². The van der Waals surface area contributed by atoms with E-state index >= 15 is 0 Å². The molecule has 2 bridgehead atoms. The van der Waals surface area contributed by atoms with Crippen LogP contribution in [-0.4, -0.2) is 43.6 Å². The van der Waals surface area contributed by atoms with Gasteiger partial charge in [-0.2, -0.15) is 0 Å². The number of amides is 1. The zero-order valence-corrected chi connectivity index (χ0v) is 9.87. The van der Waals surface area contributed by atoms with Crippen LogP contribution in [0.25, 0.3) is 0 Å². The molecule has 90 valence electrons. The highest BCUT2D eigenvalue weighted by Crippen LogP contribution is 2.34. The first-order valence-electron chi connectivity index (χ1n) is 5.93. The van der Waals surface area contributed by atoms with E-state index < -0.39 is 0 Å². The number of anilines is 1. The summed E-state index contributed by atoms with van der Waals surface area (Å²) in [6.45, 7) is 1.82. The quantitative estimate of drug-likeness (QED) is 0.732. The van der Waals surface area contributed by atoms with Gasteiger partial charge in [-0.25, -0.2) is 0 Å². The van der Waals surface area contributed by atoms with E-state index in [1.54, 1.807) is 7.11 Å². The first-order chi connectivity index (χ1) is 8.31. The van der Waals surface area contributed by atoms with Gasteiger partial charge in [0.2, 0.25) is 6.41 Å². The maximum atomic E-state index is 10.8. The van der Waals surface area contributed by atoms with Crippen LogP contribution in [0.4, 0.5) is 5.69 Å². The number of carbonyl (C=O) groups excluding carboxylic acids is 1. The molecule has 1 amide bonds. The smallest absolute Gasteiger partial charge is 0.210 e. The molecule has 0 aromatic heterocycles. The summed E-state index contributed by atoms with van der Waals surface area (Å²) >= 11 is 0. The molecule has 3 rings (SSSR count). The van der Waals surface area contributed by atoms with E-state index in [0.717, 1.165) is 31.7 Å². The SMILES string of the molecule is COc1ccc(N2C[C@@H]3C[C@H]2CN3C=O)cc1. The Morgan fingerprint density at radius 3 is 2.53 bits per heavy atom. The van der Waals surface area contributed by atoms with E-state index in [-0.39, 0.29) is 0 Å². The van der Waals surface area contributed by atoms with Crippen molar-refractivity contribution in [1.29, 1.82) is 0 Å². The molecule has 0 unspecified atom stereocenters. The molecule has 2 fully saturated rings. The molecular formula is C13H16N2O2. The van der Waals surface area contributed by atoms with Gasteiger partial charge in [0.1, 0.15) is 5.75 Å². The van der Waals surface area contributed by atoms with Crippen LogP contribution < -0.4 is 9.64 Å². The van der Waals surface area contributed by atoms with Gasteiger partial charge in [-0.05, 0) is 30.7 Å². The topological polar surface area (TPSA) is 32.8 Å². The van der Waals surface area contributed by atoms with Gasteiger partial charge < -0.3 is 14.5 Å². The summed E-state index contributed by atoms with van der Waals surface area (Å²) in [7, 11) is 1.68. The molecule has 4 heteroatoms. The molecule has 2 aliphatic rings. The monoisotopic (exact) mass is 232 g/mol. The lowest BCUT2D eigenvalue weighted by Gasteiger charge is -2.33. The Kier molecular flexibility index (Phi) is 2.42. The summed E-state index contributed by atoms with van der Waals surface area (Å²) in [5.74, 6) is 0.882. The van der Waals surface area contributed by atoms with Crippen LogP contribution in [0.15, 0.2) is 24.3 Å². The number of hydrogen-bond donors (Lipinski definition) is 0. The van der Waals surface area contributed by atoms with Gasteiger partial charge in [0, 0.05) is 24.8 Å². The van der Waals surface area contributed by atoms with Crippen LogP contribution >= 0.6 is 0 Å². The number of benzene rings is 1. The average Bonchev–Trinajstić information content (AvgIpc) is 2.98. The van der Waals surface area contributed by atoms with Crippen molar-refractivity contribution in [1.82, 2.24) is 4.90 Å². The predicted molar refractivity (Wildman–Crippen MR) is 65.3 cm³/mol. The maximum absolute atomic E-state index is 10.8. The minimum Gasteiger partial charge on any atom is -0.497 e. The molecule has 0 radical (unpaired) electrons. The van der Waals surface area contributed by atoms with E-state index in [2.05, 4.69) is 17.0 Å². The minimum absolute atomic E-state index is 0.402. The van der Waals surface area contributed by atoms with Gasteiger partial charge in [-0.3, -0.25) is 4.79 Å². The third-order valence-corrected chi connectivity index (χ3v) is 3.82. The zero-order valence-electron chi connectivity index (χ0n) is 9.87. The molecule has 4 nitrogen and oxygen atoms in total. The molecular weight excluding hydrogens is 216 g/mol. The van der Waals surface area contributed by atoms with Crippen molar-refractivity contribution in [2.75, 3.05) is 25.1 Å². The van der Waals surface area contributed by atoms with Crippen molar-refractivity contribution in [3.05, 3.63) is 24.3 Å². The minimum atomic E-state index is 0.402. The lowest BCUT2D eigenvalue weighted by molar-refractivity contribution is -0.119. The van der Waals surface area contributed by atoms with E-state index in [4.69, 9.17) is 4.74 Å². The Balaban J connectivity index is 1.76. The summed E-state index contributed by atoms with van der Waals surface area (Å²) in [5.41, 5.74) is 1.23. The second-order valence-electron chi connectivity index (χ2n) is 4.70. The molecule has 0 spiro atoms. The fourth-order valence-corrected chi connectivity index (χ4v) is 2.92. The Hall–Kier alpha value is -1.71. The highest BCUT2D eigenvalue weighted by molar-refractivity contribution is 5.56. The van der Waals surface area contributed by atoms with Gasteiger partial charge in [0.25, 0.3) is 0 Å². The number of likely N-dealkylation sites (tertiary alicyclic amines) is 1. The van der Waals surface area contributed by atoms with Gasteiger partial charge in [0.15, 0.2) is 0 Å². The fourth-order valence-electron chi connectivity index (χ4n) is 2.92. The van der Waals surface area contributed by atoms with E-state index in [9.17, 15) is 4.79 Å². The number of fused-ring (bicyclic) bond motifs is 2. The molecule has 2 saturated heterocycles. The molecule has 1 aromatic carbocycles. The summed E-state index contributed by atoms with van der Waals surface area (Å²) in [6, 6.07) is 9.03. The maximum Gasteiger partial charge on any atom is 0.210 e. The van der Waals surface area contributed by atoms with Crippen molar-refractivity contribution in [3.8, 4) is 5.75 Å². The average molecular weight is 232 g/mol. The summed E-state index contributed by atoms with van der Waals surface area (Å²) in [5, 5.41) is 0. The first-order valence-corrected chi connectivity index (χ1v) is 5.93. The largest absolute Gasteiger partial charge is 0.497 e. The standard InChI is InChI=1S/C13H16N2O2/c1-17-13-4-2-10(3-5-13)15-8-11-6-12(15)7-14(11)9-16/h2-5,9,11-12H,6-8H2,1H3/t11-,12-/m0/s1. The summed E-state index contributed by atoms with van der Waals surface area (Å²) in [4.78, 5) is 15.1. The zero-order chi connectivity index (χ0) is 11.8. The number of rotatable bonds is 3. The molecule has 1 aromatic rings. The third-order valence-electron chi connectivity index (χ3n) is 3.82. The summed E-state index contributed by atoms with van der Waals surface area (Å²) in [6.07, 6.45) is 2.08. The van der Waals surface area contributed by atoms with Crippen molar-refractivity contribution in [2.24, 2.45) is 0 Å². The van der Waals surface area contributed by atoms with Crippen LogP contribution in [0.5, 0.6) is 5.75 Å². The molecule has 2 aliphatic heterocycles. The van der Waals surface area contributed by atoms with Crippen molar-refractivity contribution < 1.29 is 9.53 Å². The van der Waals surface area contributed by atoms with Crippen LogP contribution in [0.2, 0.25) is 0 Å². The van der Waals surface area contributed by atoms with Gasteiger partial charge in [-0.1, -0.05) is 0 Å². The lowest BCUT2D eigenvalue weighted by atomic mass is 10.2. The second kappa shape index (κ2) is 3.95.